The number of rotatable bonds is 12. The summed E-state index contributed by atoms with van der Waals surface area (Å²) in [4.78, 5) is 9.93. The molecule has 0 aromatic heterocycles. The average Bonchev–Trinajstić information content (AvgIpc) is 0.887. The summed E-state index contributed by atoms with van der Waals surface area (Å²) in [6.07, 6.45) is 9.68. The van der Waals surface area contributed by atoms with Gasteiger partial charge in [0.05, 0.1) is 0 Å². The van der Waals surface area contributed by atoms with Crippen LogP contribution in [0.1, 0.15) is 223 Å². The summed E-state index contributed by atoms with van der Waals surface area (Å²) in [6, 6.07) is 50.0. The zero-order valence-corrected chi connectivity index (χ0v) is 66.9. The maximum atomic E-state index is 14.6. The molecule has 112 heavy (non-hydrogen) atoms. The van der Waals surface area contributed by atoms with Crippen molar-refractivity contribution in [3.8, 4) is 46.0 Å². The first kappa shape index (κ1) is 76.7. The topological polar surface area (TPSA) is 168 Å². The Balaban J connectivity index is 1.05. The van der Waals surface area contributed by atoms with Crippen molar-refractivity contribution < 1.29 is 57.7 Å². The molecule has 4 N–H and O–H groups in total. The molecule has 17 rings (SSSR count). The quantitative estimate of drug-likeness (QED) is 0.0852. The van der Waals surface area contributed by atoms with Gasteiger partial charge < -0.3 is 57.7 Å². The minimum absolute atomic E-state index is 0.0302. The third-order valence-corrected chi connectivity index (χ3v) is 25.8. The molecule has 8 aromatic rings. The predicted molar refractivity (Wildman–Crippen MR) is 445 cm³/mol. The van der Waals surface area contributed by atoms with E-state index in [1.807, 2.05) is 72.8 Å². The van der Waals surface area contributed by atoms with Crippen molar-refractivity contribution in [1.82, 2.24) is 19.6 Å². The molecule has 0 amide bonds. The number of phenolic OH excluding ortho intramolecular Hbond substituents is 4. The van der Waals surface area contributed by atoms with E-state index in [1.165, 1.54) is 0 Å². The van der Waals surface area contributed by atoms with E-state index in [9.17, 15) is 20.4 Å². The zero-order chi connectivity index (χ0) is 77.0. The predicted octanol–water partition coefficient (Wildman–Crippen LogP) is 14.6. The molecule has 1 aliphatic carbocycles. The lowest BCUT2D eigenvalue weighted by molar-refractivity contribution is 0.161. The van der Waals surface area contributed by atoms with Gasteiger partial charge in [0.1, 0.15) is 46.0 Å². The summed E-state index contributed by atoms with van der Waals surface area (Å²) in [5, 5.41) is 58.5. The second kappa shape index (κ2) is 33.1. The third-order valence-electron chi connectivity index (χ3n) is 25.8. The summed E-state index contributed by atoms with van der Waals surface area (Å²) in [6.45, 7) is 24.4. The molecular formula is C92H112B4N4O12. The standard InChI is InChI=1S/C92H112B4N4O12/c1-57(2)41-69-73-45-78(90-81(85(73)101)49-97-37-21-33-65(97)54-106-94(110-90)62-27-15-10-16-28-62)71(43-59(5)6)75-47-80(92-83(87(75)103)51-99-39-23-35-67(99)56-108-96(112-92)64-31-19-12-20-32-64)72(44-60(7)8)76-48-79(91-84(88(76)104)52-100-40-24-36-68(100)55-107-95(111-91)63-29-17-11-18-30-63)70(42-58(3)4)74-46-77(69)89-82(86(74)102)50-98-38-22-34-66(98)53-105-93(109-89)61-25-13-9-14-26-61/h9-20,25-32,45-48,57-60,65-72,101-104H,21-24,33-44,49-56H2,1-8H3/t65-,66-,67-,68-,69?,70?,71?,72?/m0/s1. The molecule has 8 heterocycles. The van der Waals surface area contributed by atoms with Crippen molar-refractivity contribution in [2.75, 3.05) is 52.6 Å². The van der Waals surface area contributed by atoms with Crippen molar-refractivity contribution in [1.29, 1.82) is 0 Å². The Labute approximate surface area is 665 Å². The zero-order valence-electron chi connectivity index (χ0n) is 66.9. The highest BCUT2D eigenvalue weighted by atomic mass is 16.6. The lowest BCUT2D eigenvalue weighted by atomic mass is 9.72. The molecule has 4 fully saturated rings. The first-order valence-corrected chi connectivity index (χ1v) is 42.3. The van der Waals surface area contributed by atoms with E-state index < -0.39 is 52.1 Å². The molecule has 8 atom stereocenters. The lowest BCUT2D eigenvalue weighted by Gasteiger charge is -2.36. The van der Waals surface area contributed by atoms with Gasteiger partial charge in [0.25, 0.3) is 0 Å². The number of hydrogen-bond donors (Lipinski definition) is 4. The van der Waals surface area contributed by atoms with Crippen LogP contribution in [0, 0.1) is 23.7 Å². The Morgan fingerprint density at radius 1 is 0.304 bits per heavy atom. The second-order valence-electron chi connectivity index (χ2n) is 35.4. The molecule has 16 nitrogen and oxygen atoms in total. The Bertz CT molecular complexity index is 4060. The first-order chi connectivity index (χ1) is 54.5. The largest absolute Gasteiger partial charge is 0.562 e. The van der Waals surface area contributed by atoms with Crippen LogP contribution < -0.4 is 40.5 Å². The van der Waals surface area contributed by atoms with Crippen molar-refractivity contribution >= 4 is 50.3 Å². The van der Waals surface area contributed by atoms with Gasteiger partial charge in [-0.15, -0.1) is 0 Å². The van der Waals surface area contributed by atoms with Crippen molar-refractivity contribution in [2.24, 2.45) is 23.7 Å². The molecule has 4 unspecified atom stereocenters. The molecule has 0 saturated carbocycles. The fraction of sp³-hybridized carbons (Fsp3) is 0.478. The van der Waals surface area contributed by atoms with Gasteiger partial charge in [-0.1, -0.05) is 177 Å². The van der Waals surface area contributed by atoms with E-state index in [1.54, 1.807) is 0 Å². The van der Waals surface area contributed by atoms with Crippen LogP contribution in [0.3, 0.4) is 0 Å². The normalized spacial score (nSPS) is 23.9. The van der Waals surface area contributed by atoms with E-state index in [2.05, 4.69) is 148 Å². The summed E-state index contributed by atoms with van der Waals surface area (Å²) >= 11 is 0. The minimum atomic E-state index is -0.879. The molecule has 584 valence electrons. The van der Waals surface area contributed by atoms with Gasteiger partial charge in [0.2, 0.25) is 0 Å². The summed E-state index contributed by atoms with van der Waals surface area (Å²) in [5.74, 6) is 0.285. The van der Waals surface area contributed by atoms with Crippen LogP contribution in [0.15, 0.2) is 146 Å². The van der Waals surface area contributed by atoms with Gasteiger partial charge in [-0.3, -0.25) is 19.6 Å². The van der Waals surface area contributed by atoms with Crippen LogP contribution >= 0.6 is 0 Å². The number of nitrogens with zero attached hydrogens (tertiary/aromatic N) is 4. The van der Waals surface area contributed by atoms with Crippen molar-refractivity contribution in [2.45, 2.75) is 206 Å². The van der Waals surface area contributed by atoms with Crippen LogP contribution in [0.2, 0.25) is 0 Å². The summed E-state index contributed by atoms with van der Waals surface area (Å²) in [7, 11) is -3.52. The molecule has 20 heteroatoms. The van der Waals surface area contributed by atoms with Crippen molar-refractivity contribution in [3.63, 3.8) is 0 Å². The van der Waals surface area contributed by atoms with Crippen molar-refractivity contribution in [3.05, 3.63) is 212 Å². The Morgan fingerprint density at radius 2 is 0.509 bits per heavy atom. The van der Waals surface area contributed by atoms with Crippen LogP contribution in [0.25, 0.3) is 0 Å². The SMILES string of the molecule is CC(C)CC1c2cc(c3c(c2O)CN2CCC[C@H]2COB(c2ccccc2)O3)C(CC(C)C)c2cc(c3c(c2O)CN2CCC[C@H]2COB(c2ccccc2)O3)C(CC(C)C)c2cc(c3c(c2O)CN2CCC[C@H]2COB(c2ccccc2)O3)C(CC(C)C)c2cc1c1c(c2O)CN2CCC[C@H]2COB(c2ccccc2)O1. The molecule has 0 spiro atoms. The lowest BCUT2D eigenvalue weighted by Crippen LogP contribution is -2.42. The molecule has 8 aliphatic heterocycles. The maximum absolute atomic E-state index is 14.6. The number of benzene rings is 8. The Kier molecular flexibility index (Phi) is 22.7. The number of aromatic hydroxyl groups is 4. The van der Waals surface area contributed by atoms with Gasteiger partial charge in [0, 0.05) is 167 Å². The Hall–Kier alpha value is -7.90. The monoisotopic (exact) mass is 1510 g/mol. The highest BCUT2D eigenvalue weighted by Gasteiger charge is 2.47. The molecule has 4 saturated heterocycles. The molecule has 0 radical (unpaired) electrons. The molecule has 8 bridgehead atoms. The van der Waals surface area contributed by atoms with E-state index in [0.29, 0.717) is 146 Å². The van der Waals surface area contributed by atoms with E-state index in [-0.39, 0.29) is 70.8 Å². The van der Waals surface area contributed by atoms with E-state index in [0.717, 1.165) is 122 Å². The van der Waals surface area contributed by atoms with Crippen LogP contribution in [-0.2, 0) is 44.8 Å². The smallest absolute Gasteiger partial charge is 0.532 e. The highest BCUT2D eigenvalue weighted by molar-refractivity contribution is 6.63. The van der Waals surface area contributed by atoms with Gasteiger partial charge in [-0.2, -0.15) is 0 Å². The fourth-order valence-corrected chi connectivity index (χ4v) is 20.3. The number of fused-ring (bicyclic) bond motifs is 20. The molecular weight excluding hydrogens is 1400 g/mol. The van der Waals surface area contributed by atoms with Gasteiger partial charge in [0.15, 0.2) is 0 Å². The third kappa shape index (κ3) is 15.4. The number of hydrogen-bond acceptors (Lipinski definition) is 16. The van der Waals surface area contributed by atoms with Crippen LogP contribution in [0.4, 0.5) is 0 Å². The first-order valence-electron chi connectivity index (χ1n) is 42.3. The van der Waals surface area contributed by atoms with E-state index >= 15 is 0 Å². The van der Waals surface area contributed by atoms with Gasteiger partial charge in [-0.05, 0) is 173 Å². The molecule has 8 aromatic carbocycles. The number of phenols is 4. The van der Waals surface area contributed by atoms with Crippen LogP contribution in [-0.4, -0.2) is 145 Å². The second-order valence-corrected chi connectivity index (χ2v) is 35.4. The summed E-state index contributed by atoms with van der Waals surface area (Å²) < 4.78 is 60.0. The van der Waals surface area contributed by atoms with Crippen LogP contribution in [0.5, 0.6) is 46.0 Å². The fourth-order valence-electron chi connectivity index (χ4n) is 20.3. The maximum Gasteiger partial charge on any atom is 0.562 e. The van der Waals surface area contributed by atoms with E-state index in [4.69, 9.17) is 37.2 Å². The van der Waals surface area contributed by atoms with Gasteiger partial charge in [-0.25, -0.2) is 0 Å². The summed E-state index contributed by atoms with van der Waals surface area (Å²) in [5.41, 5.74) is 12.1. The Morgan fingerprint density at radius 3 is 0.705 bits per heavy atom. The molecule has 9 aliphatic rings. The van der Waals surface area contributed by atoms with Gasteiger partial charge >= 0.3 is 28.5 Å². The minimum Gasteiger partial charge on any atom is -0.532 e. The highest BCUT2D eigenvalue weighted by Crippen LogP contribution is 2.59. The average molecular weight is 1510 g/mol.